The number of pyridine rings is 1. The zero-order valence-electron chi connectivity index (χ0n) is 19.6. The highest BCUT2D eigenvalue weighted by Crippen LogP contribution is 2.28. The van der Waals surface area contributed by atoms with Crippen LogP contribution in [0.25, 0.3) is 11.0 Å². The number of Topliss-reactive ketones (excluding diaryl/α,β-unsaturated/α-hetero) is 1. The summed E-state index contributed by atoms with van der Waals surface area (Å²) in [5, 5.41) is 5.82. The molecule has 0 atom stereocenters. The molecule has 2 aromatic rings. The van der Waals surface area contributed by atoms with Gasteiger partial charge >= 0.3 is 0 Å². The largest absolute Gasteiger partial charge is 0.357 e. The van der Waals surface area contributed by atoms with E-state index in [1.165, 1.54) is 57.9 Å². The van der Waals surface area contributed by atoms with Gasteiger partial charge < -0.3 is 9.80 Å². The predicted molar refractivity (Wildman–Crippen MR) is 129 cm³/mol. The summed E-state index contributed by atoms with van der Waals surface area (Å²) in [5.74, 6) is 1.76. The first-order valence-electron chi connectivity index (χ1n) is 13.2. The number of hydrogen-bond donors (Lipinski definition) is 0. The Balaban J connectivity index is 1.44. The molecule has 4 bridgehead atoms. The summed E-state index contributed by atoms with van der Waals surface area (Å²) in [7, 11) is 0. The van der Waals surface area contributed by atoms with Crippen LogP contribution in [0.4, 0.5) is 5.82 Å². The molecule has 0 N–H and O–H groups in total. The van der Waals surface area contributed by atoms with E-state index in [2.05, 4.69) is 21.9 Å². The van der Waals surface area contributed by atoms with E-state index in [-0.39, 0.29) is 5.78 Å². The Morgan fingerprint density at radius 2 is 1.41 bits per heavy atom. The highest BCUT2D eigenvalue weighted by atomic mass is 16.1. The third-order valence-corrected chi connectivity index (χ3v) is 7.80. The molecule has 0 aromatic carbocycles. The van der Waals surface area contributed by atoms with Gasteiger partial charge in [0.2, 0.25) is 0 Å². The van der Waals surface area contributed by atoms with Crippen molar-refractivity contribution in [1.82, 2.24) is 19.7 Å². The van der Waals surface area contributed by atoms with Crippen molar-refractivity contribution < 1.29 is 4.79 Å². The zero-order chi connectivity index (χ0) is 21.8. The number of carbonyl (C=O) groups excluding carboxylic acids is 1. The van der Waals surface area contributed by atoms with Gasteiger partial charge in [0, 0.05) is 26.1 Å². The first-order chi connectivity index (χ1) is 15.8. The molecule has 0 radical (unpaired) electrons. The Hall–Kier alpha value is -1.95. The van der Waals surface area contributed by atoms with Crippen molar-refractivity contribution in [3.8, 4) is 0 Å². The van der Waals surface area contributed by atoms with Gasteiger partial charge in [-0.2, -0.15) is 5.10 Å². The Morgan fingerprint density at radius 1 is 0.750 bits per heavy atom. The summed E-state index contributed by atoms with van der Waals surface area (Å²) < 4.78 is 2.04. The summed E-state index contributed by atoms with van der Waals surface area (Å²) >= 11 is 0. The van der Waals surface area contributed by atoms with Crippen molar-refractivity contribution in [2.45, 2.75) is 83.6 Å². The van der Waals surface area contributed by atoms with Crippen molar-refractivity contribution in [1.29, 1.82) is 0 Å². The van der Waals surface area contributed by atoms with Crippen LogP contribution in [0, 0.1) is 5.92 Å². The van der Waals surface area contributed by atoms with Crippen LogP contribution in [-0.4, -0.2) is 58.2 Å². The Morgan fingerprint density at radius 3 is 2.16 bits per heavy atom. The van der Waals surface area contributed by atoms with E-state index in [0.717, 1.165) is 68.8 Å². The van der Waals surface area contributed by atoms with Gasteiger partial charge in [0.1, 0.15) is 11.5 Å². The molecular formula is C26H39N5O. The van der Waals surface area contributed by atoms with Crippen LogP contribution in [0.3, 0.4) is 0 Å². The highest BCUT2D eigenvalue weighted by Gasteiger charge is 2.26. The smallest absolute Gasteiger partial charge is 0.184 e. The standard InChI is InChI=1S/C26H39N5O/c32-23-20-21-12-18-29(19-13-21)14-6-2-1-3-9-17-31-26-22(25(23)28-31)10-11-24(27-26)30-15-7-4-5-8-16-30/h10-11,21H,1-9,12-20H2. The lowest BCUT2D eigenvalue weighted by Gasteiger charge is -2.31. The molecule has 174 valence electrons. The van der Waals surface area contributed by atoms with Gasteiger partial charge in [-0.05, 0) is 76.2 Å². The summed E-state index contributed by atoms with van der Waals surface area (Å²) in [6.45, 7) is 6.54. The Kier molecular flexibility index (Phi) is 7.06. The Labute approximate surface area is 192 Å². The minimum atomic E-state index is 0.212. The van der Waals surface area contributed by atoms with Crippen LogP contribution in [0.15, 0.2) is 12.1 Å². The predicted octanol–water partition coefficient (Wildman–Crippen LogP) is 5.06. The van der Waals surface area contributed by atoms with Gasteiger partial charge in [-0.3, -0.25) is 4.79 Å². The molecule has 2 aromatic heterocycles. The number of fused-ring (bicyclic) bond motifs is 10. The van der Waals surface area contributed by atoms with Gasteiger partial charge in [-0.25, -0.2) is 9.67 Å². The topological polar surface area (TPSA) is 54.3 Å². The minimum absolute atomic E-state index is 0.212. The van der Waals surface area contributed by atoms with E-state index < -0.39 is 0 Å². The number of aryl methyl sites for hydroxylation is 1. The number of carbonyl (C=O) groups is 1. The molecule has 2 fully saturated rings. The SMILES string of the molecule is O=C1CC2CCN(CCCCCCCn3nc1c1ccc(N4CCCCCC4)nc13)CC2. The van der Waals surface area contributed by atoms with E-state index in [9.17, 15) is 4.79 Å². The quantitative estimate of drug-likeness (QED) is 0.624. The fourth-order valence-corrected chi connectivity index (χ4v) is 5.78. The van der Waals surface area contributed by atoms with Crippen molar-refractivity contribution in [3.05, 3.63) is 17.8 Å². The van der Waals surface area contributed by atoms with Gasteiger partial charge in [-0.15, -0.1) is 0 Å². The molecule has 6 nitrogen and oxygen atoms in total. The molecule has 0 amide bonds. The normalized spacial score (nSPS) is 26.4. The summed E-state index contributed by atoms with van der Waals surface area (Å²) in [4.78, 5) is 23.4. The van der Waals surface area contributed by atoms with E-state index in [4.69, 9.17) is 10.1 Å². The van der Waals surface area contributed by atoms with Crippen LogP contribution < -0.4 is 4.90 Å². The van der Waals surface area contributed by atoms with Crippen LogP contribution in [0.2, 0.25) is 0 Å². The number of anilines is 1. The van der Waals surface area contributed by atoms with Crippen molar-refractivity contribution >= 4 is 22.6 Å². The summed E-state index contributed by atoms with van der Waals surface area (Å²) in [5.41, 5.74) is 1.57. The maximum absolute atomic E-state index is 13.3. The lowest BCUT2D eigenvalue weighted by Crippen LogP contribution is -2.35. The lowest BCUT2D eigenvalue weighted by molar-refractivity contribution is 0.0923. The maximum Gasteiger partial charge on any atom is 0.184 e. The number of nitrogens with zero attached hydrogens (tertiary/aromatic N) is 5. The number of piperidine rings is 1. The van der Waals surface area contributed by atoms with Gasteiger partial charge in [0.05, 0.1) is 5.39 Å². The summed E-state index contributed by atoms with van der Waals surface area (Å²) in [6.07, 6.45) is 14.3. The molecule has 6 rings (SSSR count). The second-order valence-corrected chi connectivity index (χ2v) is 10.2. The molecule has 0 aliphatic carbocycles. The second kappa shape index (κ2) is 10.3. The number of rotatable bonds is 1. The third kappa shape index (κ3) is 5.00. The van der Waals surface area contributed by atoms with Gasteiger partial charge in [0.25, 0.3) is 0 Å². The average molecular weight is 438 g/mol. The maximum atomic E-state index is 13.3. The van der Waals surface area contributed by atoms with Crippen molar-refractivity contribution in [2.24, 2.45) is 5.92 Å². The van der Waals surface area contributed by atoms with Crippen LogP contribution in [0.5, 0.6) is 0 Å². The number of hydrogen-bond acceptors (Lipinski definition) is 5. The monoisotopic (exact) mass is 437 g/mol. The second-order valence-electron chi connectivity index (χ2n) is 10.2. The van der Waals surface area contributed by atoms with E-state index in [0.29, 0.717) is 18.0 Å². The van der Waals surface area contributed by atoms with Crippen LogP contribution in [-0.2, 0) is 6.54 Å². The van der Waals surface area contributed by atoms with Gasteiger partial charge in [0.15, 0.2) is 11.4 Å². The molecule has 0 saturated carbocycles. The summed E-state index contributed by atoms with van der Waals surface area (Å²) in [6, 6.07) is 4.24. The molecule has 4 aliphatic heterocycles. The number of ketones is 1. The fraction of sp³-hybridized carbons (Fsp3) is 0.731. The molecule has 6 heterocycles. The number of aromatic nitrogens is 3. The van der Waals surface area contributed by atoms with E-state index in [1.54, 1.807) is 0 Å². The third-order valence-electron chi connectivity index (χ3n) is 7.80. The fourth-order valence-electron chi connectivity index (χ4n) is 5.78. The van der Waals surface area contributed by atoms with Crippen LogP contribution in [0.1, 0.15) is 87.5 Å². The lowest BCUT2D eigenvalue weighted by atomic mass is 9.90. The zero-order valence-corrected chi connectivity index (χ0v) is 19.6. The Bertz CT molecular complexity index is 906. The molecule has 6 heteroatoms. The van der Waals surface area contributed by atoms with Crippen molar-refractivity contribution in [3.63, 3.8) is 0 Å². The molecule has 0 unspecified atom stereocenters. The van der Waals surface area contributed by atoms with Crippen molar-refractivity contribution in [2.75, 3.05) is 37.6 Å². The van der Waals surface area contributed by atoms with E-state index in [1.807, 2.05) is 4.68 Å². The highest BCUT2D eigenvalue weighted by molar-refractivity contribution is 6.05. The first-order valence-corrected chi connectivity index (χ1v) is 13.2. The minimum Gasteiger partial charge on any atom is -0.357 e. The average Bonchev–Trinajstić information content (AvgIpc) is 2.97. The molecule has 0 spiro atoms. The van der Waals surface area contributed by atoms with Crippen LogP contribution >= 0.6 is 0 Å². The molecular weight excluding hydrogens is 398 g/mol. The molecule has 2 saturated heterocycles. The van der Waals surface area contributed by atoms with E-state index >= 15 is 0 Å². The molecule has 32 heavy (non-hydrogen) atoms. The molecule has 4 aliphatic rings. The van der Waals surface area contributed by atoms with Gasteiger partial charge in [-0.1, -0.05) is 32.1 Å². The first kappa shape index (κ1) is 21.9.